The van der Waals surface area contributed by atoms with E-state index in [2.05, 4.69) is 40.6 Å². The lowest BCUT2D eigenvalue weighted by Crippen LogP contribution is -2.41. The number of nitrogens with zero attached hydrogens (tertiary/aromatic N) is 2. The summed E-state index contributed by atoms with van der Waals surface area (Å²) in [6, 6.07) is 2.17. The predicted octanol–water partition coefficient (Wildman–Crippen LogP) is 2.52. The zero-order chi connectivity index (χ0) is 14.9. The van der Waals surface area contributed by atoms with E-state index in [0.29, 0.717) is 5.95 Å². The molecule has 7 heteroatoms. The van der Waals surface area contributed by atoms with Crippen LogP contribution in [0.1, 0.15) is 31.6 Å². The van der Waals surface area contributed by atoms with Gasteiger partial charge in [0.15, 0.2) is 0 Å². The van der Waals surface area contributed by atoms with Crippen molar-refractivity contribution in [1.29, 1.82) is 0 Å². The molecule has 21 heavy (non-hydrogen) atoms. The fourth-order valence-electron chi connectivity index (χ4n) is 2.54. The van der Waals surface area contributed by atoms with Gasteiger partial charge in [0.2, 0.25) is 5.95 Å². The molecule has 114 valence electrons. The number of aryl methyl sites for hydroxylation is 1. The first-order chi connectivity index (χ1) is 10.1. The van der Waals surface area contributed by atoms with Crippen molar-refractivity contribution in [3.8, 4) is 0 Å². The third-order valence-corrected chi connectivity index (χ3v) is 5.11. The van der Waals surface area contributed by atoms with Gasteiger partial charge in [-0.05, 0) is 32.3 Å². The molecule has 0 amide bonds. The van der Waals surface area contributed by atoms with Crippen molar-refractivity contribution in [1.82, 2.24) is 9.97 Å². The van der Waals surface area contributed by atoms with Gasteiger partial charge in [0.05, 0.1) is 5.39 Å². The van der Waals surface area contributed by atoms with Gasteiger partial charge in [0.1, 0.15) is 10.6 Å². The molecule has 0 bridgehead atoms. The Hall–Kier alpha value is -1.44. The van der Waals surface area contributed by atoms with Crippen molar-refractivity contribution in [2.24, 2.45) is 5.84 Å². The summed E-state index contributed by atoms with van der Waals surface area (Å²) >= 11 is 1.69. The van der Waals surface area contributed by atoms with Gasteiger partial charge in [0, 0.05) is 23.6 Å². The Kier molecular flexibility index (Phi) is 3.97. The van der Waals surface area contributed by atoms with Crippen LogP contribution in [0.2, 0.25) is 0 Å². The maximum Gasteiger partial charge on any atom is 0.240 e. The molecule has 1 aliphatic rings. The number of hydrogen-bond donors (Lipinski definition) is 3. The minimum absolute atomic E-state index is 0.000281. The molecular formula is C14H21N5OS. The first-order valence-electron chi connectivity index (χ1n) is 7.26. The van der Waals surface area contributed by atoms with Crippen LogP contribution in [0.15, 0.2) is 6.07 Å². The molecule has 0 aliphatic carbocycles. The molecule has 0 aromatic carbocycles. The summed E-state index contributed by atoms with van der Waals surface area (Å²) in [7, 11) is 0. The van der Waals surface area contributed by atoms with E-state index < -0.39 is 0 Å². The second-order valence-electron chi connectivity index (χ2n) is 5.62. The number of nitrogens with two attached hydrogens (primary N) is 1. The Labute approximate surface area is 128 Å². The first-order valence-corrected chi connectivity index (χ1v) is 8.08. The fraction of sp³-hybridized carbons (Fsp3) is 0.571. The van der Waals surface area contributed by atoms with Crippen LogP contribution in [-0.2, 0) is 11.2 Å². The number of hydrogen-bond acceptors (Lipinski definition) is 7. The van der Waals surface area contributed by atoms with Crippen molar-refractivity contribution in [3.05, 3.63) is 10.9 Å². The molecule has 3 rings (SSSR count). The zero-order valence-corrected chi connectivity index (χ0v) is 13.2. The summed E-state index contributed by atoms with van der Waals surface area (Å²) in [5.74, 6) is 6.80. The summed E-state index contributed by atoms with van der Waals surface area (Å²) in [5, 5.41) is 4.67. The van der Waals surface area contributed by atoms with Gasteiger partial charge in [-0.3, -0.25) is 5.43 Å². The molecule has 0 unspecified atom stereocenters. The third-order valence-electron chi connectivity index (χ3n) is 3.94. The minimum atomic E-state index is -0.000281. The highest BCUT2D eigenvalue weighted by atomic mass is 32.1. The molecule has 3 heterocycles. The monoisotopic (exact) mass is 307 g/mol. The largest absolute Gasteiger partial charge is 0.381 e. The van der Waals surface area contributed by atoms with Crippen molar-refractivity contribution < 1.29 is 4.74 Å². The van der Waals surface area contributed by atoms with E-state index in [9.17, 15) is 0 Å². The topological polar surface area (TPSA) is 85.1 Å². The highest BCUT2D eigenvalue weighted by molar-refractivity contribution is 7.18. The second kappa shape index (κ2) is 5.75. The van der Waals surface area contributed by atoms with Gasteiger partial charge in [-0.1, -0.05) is 6.92 Å². The van der Waals surface area contributed by atoms with Crippen molar-refractivity contribution in [3.63, 3.8) is 0 Å². The van der Waals surface area contributed by atoms with Crippen LogP contribution in [0, 0.1) is 0 Å². The number of nitrogens with one attached hydrogen (secondary N) is 2. The minimum Gasteiger partial charge on any atom is -0.381 e. The molecule has 2 aromatic heterocycles. The van der Waals surface area contributed by atoms with Crippen LogP contribution >= 0.6 is 11.3 Å². The van der Waals surface area contributed by atoms with Gasteiger partial charge in [-0.15, -0.1) is 11.3 Å². The lowest BCUT2D eigenvalue weighted by atomic mass is 9.92. The SMILES string of the molecule is CCc1cc2c(NC3(C)CCOCC3)nc(NN)nc2s1. The highest BCUT2D eigenvalue weighted by Crippen LogP contribution is 2.33. The van der Waals surface area contributed by atoms with E-state index in [1.165, 1.54) is 4.88 Å². The first kappa shape index (κ1) is 14.5. The Morgan fingerprint density at radius 1 is 1.38 bits per heavy atom. The third kappa shape index (κ3) is 2.95. The molecule has 4 N–H and O–H groups in total. The molecule has 0 spiro atoms. The van der Waals surface area contributed by atoms with Gasteiger partial charge < -0.3 is 10.1 Å². The molecule has 0 atom stereocenters. The number of rotatable bonds is 4. The van der Waals surface area contributed by atoms with E-state index >= 15 is 0 Å². The summed E-state index contributed by atoms with van der Waals surface area (Å²) in [6.07, 6.45) is 2.93. The van der Waals surface area contributed by atoms with Gasteiger partial charge in [0.25, 0.3) is 0 Å². The number of hydrazine groups is 1. The normalized spacial score (nSPS) is 17.9. The van der Waals surface area contributed by atoms with E-state index in [-0.39, 0.29) is 5.54 Å². The van der Waals surface area contributed by atoms with Gasteiger partial charge >= 0.3 is 0 Å². The van der Waals surface area contributed by atoms with E-state index in [1.54, 1.807) is 11.3 Å². The predicted molar refractivity (Wildman–Crippen MR) is 86.7 cm³/mol. The number of aromatic nitrogens is 2. The highest BCUT2D eigenvalue weighted by Gasteiger charge is 2.28. The molecule has 6 nitrogen and oxygen atoms in total. The Morgan fingerprint density at radius 3 is 2.81 bits per heavy atom. The number of fused-ring (bicyclic) bond motifs is 1. The Bertz CT molecular complexity index is 636. The average molecular weight is 307 g/mol. The lowest BCUT2D eigenvalue weighted by molar-refractivity contribution is 0.0657. The molecule has 0 saturated carbocycles. The number of nitrogen functional groups attached to an aromatic ring is 1. The summed E-state index contributed by atoms with van der Waals surface area (Å²) in [5.41, 5.74) is 2.56. The van der Waals surface area contributed by atoms with E-state index in [1.807, 2.05) is 0 Å². The zero-order valence-electron chi connectivity index (χ0n) is 12.4. The Balaban J connectivity index is 2.00. The van der Waals surface area contributed by atoms with E-state index in [0.717, 1.165) is 48.5 Å². The van der Waals surface area contributed by atoms with Crippen LogP contribution in [0.4, 0.5) is 11.8 Å². The van der Waals surface area contributed by atoms with Crippen molar-refractivity contribution >= 4 is 33.3 Å². The number of anilines is 2. The van der Waals surface area contributed by atoms with Crippen LogP contribution in [-0.4, -0.2) is 28.7 Å². The molecule has 0 radical (unpaired) electrons. The van der Waals surface area contributed by atoms with Crippen LogP contribution < -0.4 is 16.6 Å². The summed E-state index contributed by atoms with van der Waals surface area (Å²) < 4.78 is 5.45. The number of thiophene rings is 1. The lowest BCUT2D eigenvalue weighted by Gasteiger charge is -2.35. The molecule has 1 fully saturated rings. The Morgan fingerprint density at radius 2 is 2.14 bits per heavy atom. The van der Waals surface area contributed by atoms with Crippen LogP contribution in [0.25, 0.3) is 10.2 Å². The summed E-state index contributed by atoms with van der Waals surface area (Å²) in [4.78, 5) is 11.2. The fourth-order valence-corrected chi connectivity index (χ4v) is 3.51. The standard InChI is InChI=1S/C14H21N5OS/c1-3-9-8-10-11(16-13(19-15)17-12(10)21-9)18-14(2)4-6-20-7-5-14/h8H,3-7,15H2,1-2H3,(H2,16,17,18,19). The smallest absolute Gasteiger partial charge is 0.240 e. The summed E-state index contributed by atoms with van der Waals surface area (Å²) in [6.45, 7) is 5.92. The quantitative estimate of drug-likeness (QED) is 0.594. The van der Waals surface area contributed by atoms with Crippen molar-refractivity contribution in [2.75, 3.05) is 24.0 Å². The van der Waals surface area contributed by atoms with Gasteiger partial charge in [-0.25, -0.2) is 10.8 Å². The van der Waals surface area contributed by atoms with Crippen LogP contribution in [0.3, 0.4) is 0 Å². The molecular weight excluding hydrogens is 286 g/mol. The van der Waals surface area contributed by atoms with E-state index in [4.69, 9.17) is 10.6 Å². The van der Waals surface area contributed by atoms with Crippen molar-refractivity contribution in [2.45, 2.75) is 38.6 Å². The molecule has 2 aromatic rings. The number of ether oxygens (including phenoxy) is 1. The average Bonchev–Trinajstić information content (AvgIpc) is 2.91. The van der Waals surface area contributed by atoms with Gasteiger partial charge in [-0.2, -0.15) is 4.98 Å². The molecule has 1 saturated heterocycles. The van der Waals surface area contributed by atoms with Crippen LogP contribution in [0.5, 0.6) is 0 Å². The second-order valence-corrected chi connectivity index (χ2v) is 6.74. The molecule has 1 aliphatic heterocycles. The maximum atomic E-state index is 5.50. The maximum absolute atomic E-state index is 5.50.